The molecule has 0 heterocycles. The van der Waals surface area contributed by atoms with Crippen LogP contribution in [0.25, 0.3) is 0 Å². The standard InChI is InChI=1S/C12H24N2/c1-3-8-12(13)14(2)11-9-6-4-5-7-10-11/h11,13H,3-10H2,1-2H3. The lowest BCUT2D eigenvalue weighted by molar-refractivity contribution is 0.322. The van der Waals surface area contributed by atoms with E-state index in [1.54, 1.807) is 0 Å². The van der Waals surface area contributed by atoms with Gasteiger partial charge in [0.15, 0.2) is 0 Å². The van der Waals surface area contributed by atoms with Crippen LogP contribution in [0.3, 0.4) is 0 Å². The monoisotopic (exact) mass is 196 g/mol. The second kappa shape index (κ2) is 6.05. The lowest BCUT2D eigenvalue weighted by Crippen LogP contribution is -2.36. The van der Waals surface area contributed by atoms with Crippen LogP contribution in [0.15, 0.2) is 0 Å². The Labute approximate surface area is 88.2 Å². The van der Waals surface area contributed by atoms with Crippen LogP contribution < -0.4 is 0 Å². The summed E-state index contributed by atoms with van der Waals surface area (Å²) in [7, 11) is 2.11. The lowest BCUT2D eigenvalue weighted by atomic mass is 10.1. The molecule has 0 aromatic carbocycles. The number of hydrogen-bond acceptors (Lipinski definition) is 1. The molecule has 0 radical (unpaired) electrons. The molecule has 1 aliphatic carbocycles. The third kappa shape index (κ3) is 3.32. The molecule has 1 fully saturated rings. The molecule has 1 aliphatic rings. The van der Waals surface area contributed by atoms with Crippen molar-refractivity contribution in [1.29, 1.82) is 5.41 Å². The maximum Gasteiger partial charge on any atom is 0.0957 e. The van der Waals surface area contributed by atoms with E-state index in [9.17, 15) is 0 Å². The van der Waals surface area contributed by atoms with Crippen molar-refractivity contribution in [3.8, 4) is 0 Å². The van der Waals surface area contributed by atoms with E-state index in [1.807, 2.05) is 0 Å². The van der Waals surface area contributed by atoms with E-state index in [2.05, 4.69) is 18.9 Å². The topological polar surface area (TPSA) is 27.1 Å². The molecule has 0 aliphatic heterocycles. The third-order valence-electron chi connectivity index (χ3n) is 3.28. The van der Waals surface area contributed by atoms with E-state index in [0.29, 0.717) is 6.04 Å². The van der Waals surface area contributed by atoms with E-state index in [0.717, 1.165) is 18.7 Å². The van der Waals surface area contributed by atoms with Gasteiger partial charge in [0.1, 0.15) is 0 Å². The molecular formula is C12H24N2. The van der Waals surface area contributed by atoms with E-state index in [4.69, 9.17) is 5.41 Å². The van der Waals surface area contributed by atoms with Gasteiger partial charge in [0.2, 0.25) is 0 Å². The molecule has 2 heteroatoms. The van der Waals surface area contributed by atoms with Crippen LogP contribution in [0.5, 0.6) is 0 Å². The highest BCUT2D eigenvalue weighted by molar-refractivity contribution is 5.79. The Kier molecular flexibility index (Phi) is 4.99. The van der Waals surface area contributed by atoms with Gasteiger partial charge in [0, 0.05) is 19.5 Å². The van der Waals surface area contributed by atoms with Crippen molar-refractivity contribution in [2.24, 2.45) is 0 Å². The third-order valence-corrected chi connectivity index (χ3v) is 3.28. The van der Waals surface area contributed by atoms with E-state index >= 15 is 0 Å². The number of rotatable bonds is 3. The molecule has 82 valence electrons. The van der Waals surface area contributed by atoms with Crippen LogP contribution in [-0.2, 0) is 0 Å². The Hall–Kier alpha value is -0.530. The Morgan fingerprint density at radius 3 is 2.29 bits per heavy atom. The highest BCUT2D eigenvalue weighted by Gasteiger charge is 2.18. The molecule has 0 atom stereocenters. The number of hydrogen-bond donors (Lipinski definition) is 1. The lowest BCUT2D eigenvalue weighted by Gasteiger charge is -2.29. The normalized spacial score (nSPS) is 19.0. The SMILES string of the molecule is CCCC(=N)N(C)C1CCCCCC1. The Balaban J connectivity index is 2.40. The average molecular weight is 196 g/mol. The van der Waals surface area contributed by atoms with Crippen LogP contribution in [0.1, 0.15) is 58.3 Å². The van der Waals surface area contributed by atoms with Crippen molar-refractivity contribution in [3.05, 3.63) is 0 Å². The number of nitrogens with zero attached hydrogens (tertiary/aromatic N) is 1. The smallest absolute Gasteiger partial charge is 0.0957 e. The molecule has 0 bridgehead atoms. The molecular weight excluding hydrogens is 172 g/mol. The second-order valence-electron chi connectivity index (χ2n) is 4.45. The van der Waals surface area contributed by atoms with E-state index in [-0.39, 0.29) is 0 Å². The molecule has 14 heavy (non-hydrogen) atoms. The summed E-state index contributed by atoms with van der Waals surface area (Å²) < 4.78 is 0. The van der Waals surface area contributed by atoms with Crippen LogP contribution in [0.4, 0.5) is 0 Å². The van der Waals surface area contributed by atoms with Gasteiger partial charge in [-0.2, -0.15) is 0 Å². The van der Waals surface area contributed by atoms with Gasteiger partial charge in [0.25, 0.3) is 0 Å². The fraction of sp³-hybridized carbons (Fsp3) is 0.917. The van der Waals surface area contributed by atoms with Gasteiger partial charge < -0.3 is 4.90 Å². The zero-order valence-electron chi connectivity index (χ0n) is 9.68. The molecule has 1 N–H and O–H groups in total. The van der Waals surface area contributed by atoms with Gasteiger partial charge in [-0.05, 0) is 19.3 Å². The van der Waals surface area contributed by atoms with Crippen molar-refractivity contribution in [2.75, 3.05) is 7.05 Å². The van der Waals surface area contributed by atoms with Gasteiger partial charge >= 0.3 is 0 Å². The number of amidine groups is 1. The van der Waals surface area contributed by atoms with Crippen LogP contribution >= 0.6 is 0 Å². The van der Waals surface area contributed by atoms with E-state index in [1.165, 1.54) is 38.5 Å². The summed E-state index contributed by atoms with van der Waals surface area (Å²) in [6.07, 6.45) is 10.1. The zero-order valence-corrected chi connectivity index (χ0v) is 9.68. The maximum absolute atomic E-state index is 7.93. The van der Waals surface area contributed by atoms with Gasteiger partial charge in [-0.15, -0.1) is 0 Å². The van der Waals surface area contributed by atoms with Crippen LogP contribution in [0, 0.1) is 5.41 Å². The van der Waals surface area contributed by atoms with Gasteiger partial charge in [-0.3, -0.25) is 5.41 Å². The fourth-order valence-electron chi connectivity index (χ4n) is 2.28. The molecule has 1 saturated carbocycles. The van der Waals surface area contributed by atoms with Gasteiger partial charge in [-0.25, -0.2) is 0 Å². The van der Waals surface area contributed by atoms with Crippen molar-refractivity contribution < 1.29 is 0 Å². The minimum absolute atomic E-state index is 0.650. The predicted octanol–water partition coefficient (Wildman–Crippen LogP) is 3.42. The van der Waals surface area contributed by atoms with Crippen LogP contribution in [0.2, 0.25) is 0 Å². The van der Waals surface area contributed by atoms with Crippen molar-refractivity contribution in [1.82, 2.24) is 4.90 Å². The van der Waals surface area contributed by atoms with Crippen molar-refractivity contribution in [2.45, 2.75) is 64.3 Å². The summed E-state index contributed by atoms with van der Waals surface area (Å²) in [5.41, 5.74) is 0. The molecule has 0 aromatic rings. The molecule has 2 nitrogen and oxygen atoms in total. The minimum Gasteiger partial charge on any atom is -0.361 e. The number of nitrogens with one attached hydrogen (secondary N) is 1. The first kappa shape index (κ1) is 11.5. The Morgan fingerprint density at radius 2 is 1.79 bits per heavy atom. The summed E-state index contributed by atoms with van der Waals surface area (Å²) in [6, 6.07) is 0.650. The second-order valence-corrected chi connectivity index (χ2v) is 4.45. The minimum atomic E-state index is 0.650. The molecule has 1 rings (SSSR count). The zero-order chi connectivity index (χ0) is 10.4. The first-order valence-electron chi connectivity index (χ1n) is 6.06. The fourth-order valence-corrected chi connectivity index (χ4v) is 2.28. The molecule has 0 saturated heterocycles. The maximum atomic E-state index is 7.93. The highest BCUT2D eigenvalue weighted by atomic mass is 15.2. The molecule has 0 unspecified atom stereocenters. The van der Waals surface area contributed by atoms with Gasteiger partial charge in [-0.1, -0.05) is 32.6 Å². The largest absolute Gasteiger partial charge is 0.361 e. The predicted molar refractivity (Wildman–Crippen MR) is 61.9 cm³/mol. The first-order valence-corrected chi connectivity index (χ1v) is 6.06. The molecule has 0 aromatic heterocycles. The molecule has 0 amide bonds. The summed E-state index contributed by atoms with van der Waals surface area (Å²) >= 11 is 0. The molecule has 0 spiro atoms. The van der Waals surface area contributed by atoms with Crippen molar-refractivity contribution >= 4 is 5.84 Å². The Bertz CT molecular complexity index is 169. The first-order chi connectivity index (χ1) is 6.75. The summed E-state index contributed by atoms with van der Waals surface area (Å²) in [6.45, 7) is 2.15. The van der Waals surface area contributed by atoms with Crippen LogP contribution in [-0.4, -0.2) is 23.8 Å². The average Bonchev–Trinajstić information content (AvgIpc) is 2.45. The summed E-state index contributed by atoms with van der Waals surface area (Å²) in [5, 5.41) is 7.93. The van der Waals surface area contributed by atoms with Gasteiger partial charge in [0.05, 0.1) is 5.84 Å². The highest BCUT2D eigenvalue weighted by Crippen LogP contribution is 2.21. The van der Waals surface area contributed by atoms with Crippen molar-refractivity contribution in [3.63, 3.8) is 0 Å². The summed E-state index contributed by atoms with van der Waals surface area (Å²) in [5.74, 6) is 0.833. The van der Waals surface area contributed by atoms with E-state index < -0.39 is 0 Å². The Morgan fingerprint density at radius 1 is 1.21 bits per heavy atom. The summed E-state index contributed by atoms with van der Waals surface area (Å²) in [4.78, 5) is 2.22. The quantitative estimate of drug-likeness (QED) is 0.418.